The summed E-state index contributed by atoms with van der Waals surface area (Å²) >= 11 is 1.60. The van der Waals surface area contributed by atoms with Crippen LogP contribution in [0.25, 0.3) is 0 Å². The van der Waals surface area contributed by atoms with Crippen LogP contribution in [0.4, 0.5) is 0 Å². The quantitative estimate of drug-likeness (QED) is 0.440. The van der Waals surface area contributed by atoms with Crippen molar-refractivity contribution in [3.63, 3.8) is 0 Å². The average Bonchev–Trinajstić information content (AvgIpc) is 2.73. The zero-order chi connectivity index (χ0) is 21.1. The molecule has 1 atom stereocenters. The van der Waals surface area contributed by atoms with Crippen molar-refractivity contribution in [2.75, 3.05) is 32.1 Å². The molecular weight excluding hydrogens is 386 g/mol. The van der Waals surface area contributed by atoms with Gasteiger partial charge in [0.1, 0.15) is 0 Å². The van der Waals surface area contributed by atoms with Crippen LogP contribution in [0, 0.1) is 11.8 Å². The zero-order valence-electron chi connectivity index (χ0n) is 17.6. The monoisotopic (exact) mass is 419 g/mol. The number of hydrogen-bond donors (Lipinski definition) is 1. The van der Waals surface area contributed by atoms with E-state index in [2.05, 4.69) is 10.3 Å². The molecule has 1 aromatic rings. The predicted octanol–water partition coefficient (Wildman–Crippen LogP) is 3.18. The van der Waals surface area contributed by atoms with Gasteiger partial charge in [0, 0.05) is 68.9 Å². The summed E-state index contributed by atoms with van der Waals surface area (Å²) in [5, 5.41) is 2.99. The van der Waals surface area contributed by atoms with Crippen molar-refractivity contribution < 1.29 is 14.4 Å². The molecule has 0 saturated heterocycles. The highest BCUT2D eigenvalue weighted by Crippen LogP contribution is 2.26. The number of nitrogens with zero attached hydrogens (tertiary/aromatic N) is 2. The Kier molecular flexibility index (Phi) is 10.2. The molecule has 1 aromatic heterocycles. The maximum atomic E-state index is 12.8. The van der Waals surface area contributed by atoms with Crippen molar-refractivity contribution in [1.82, 2.24) is 15.2 Å². The van der Waals surface area contributed by atoms with E-state index in [4.69, 9.17) is 0 Å². The molecule has 0 spiro atoms. The molecule has 2 rings (SSSR count). The van der Waals surface area contributed by atoms with Crippen molar-refractivity contribution in [3.8, 4) is 0 Å². The lowest BCUT2D eigenvalue weighted by Gasteiger charge is -2.21. The van der Waals surface area contributed by atoms with Crippen LogP contribution in [0.5, 0.6) is 0 Å². The molecule has 2 amide bonds. The molecular formula is C22H33N3O3S. The Balaban J connectivity index is 1.75. The van der Waals surface area contributed by atoms with Crippen molar-refractivity contribution in [2.45, 2.75) is 44.9 Å². The Bertz CT molecular complexity index is 661. The first-order chi connectivity index (χ1) is 14.0. The Hall–Kier alpha value is -1.89. The van der Waals surface area contributed by atoms with Crippen molar-refractivity contribution in [2.24, 2.45) is 11.8 Å². The number of carbonyl (C=O) groups is 3. The highest BCUT2D eigenvalue weighted by Gasteiger charge is 2.24. The van der Waals surface area contributed by atoms with E-state index in [0.29, 0.717) is 30.2 Å². The van der Waals surface area contributed by atoms with E-state index in [1.807, 2.05) is 0 Å². The van der Waals surface area contributed by atoms with Gasteiger partial charge >= 0.3 is 0 Å². The summed E-state index contributed by atoms with van der Waals surface area (Å²) in [6, 6.07) is 3.46. The largest absolute Gasteiger partial charge is 0.355 e. The van der Waals surface area contributed by atoms with Gasteiger partial charge in [-0.2, -0.15) is 11.8 Å². The number of Topliss-reactive ketones (excluding diaryl/α,β-unsaturated/α-hetero) is 1. The smallest absolute Gasteiger partial charge is 0.222 e. The number of thioether (sulfide) groups is 1. The summed E-state index contributed by atoms with van der Waals surface area (Å²) in [7, 11) is 3.39. The lowest BCUT2D eigenvalue weighted by Crippen LogP contribution is -2.30. The van der Waals surface area contributed by atoms with Gasteiger partial charge in [0.25, 0.3) is 0 Å². The molecule has 0 aliphatic heterocycles. The first kappa shape index (κ1) is 23.4. The number of nitrogens with one attached hydrogen (secondary N) is 1. The molecule has 1 heterocycles. The third-order valence-corrected chi connectivity index (χ3v) is 6.45. The minimum Gasteiger partial charge on any atom is -0.355 e. The Labute approximate surface area is 178 Å². The number of carbonyl (C=O) groups excluding carboxylic acids is 3. The zero-order valence-corrected chi connectivity index (χ0v) is 18.4. The standard InChI is InChI=1S/C22H33N3O3S/c1-25(2)21(27)14-19(22(28)18-9-6-10-23-15-18)16-29-12-11-24-20(26)13-17-7-4-3-5-8-17/h6,9-10,15,17,19H,3-5,7-8,11-14,16H2,1-2H3,(H,24,26). The van der Waals surface area contributed by atoms with Crippen molar-refractivity contribution in [3.05, 3.63) is 30.1 Å². The summed E-state index contributed by atoms with van der Waals surface area (Å²) in [5.74, 6) is 1.43. The third kappa shape index (κ3) is 8.56. The van der Waals surface area contributed by atoms with Crippen LogP contribution in [0.1, 0.15) is 55.3 Å². The summed E-state index contributed by atoms with van der Waals surface area (Å²) < 4.78 is 0. The van der Waals surface area contributed by atoms with Crippen LogP contribution >= 0.6 is 11.8 Å². The fourth-order valence-electron chi connectivity index (χ4n) is 3.58. The SMILES string of the molecule is CN(C)C(=O)CC(CSCCNC(=O)CC1CCCCC1)C(=O)c1cccnc1. The first-order valence-corrected chi connectivity index (χ1v) is 11.6. The molecule has 1 unspecified atom stereocenters. The van der Waals surface area contributed by atoms with E-state index >= 15 is 0 Å². The molecule has 7 heteroatoms. The molecule has 6 nitrogen and oxygen atoms in total. The molecule has 1 saturated carbocycles. The second-order valence-electron chi connectivity index (χ2n) is 7.93. The van der Waals surface area contributed by atoms with Gasteiger partial charge in [-0.05, 0) is 30.9 Å². The fourth-order valence-corrected chi connectivity index (χ4v) is 4.55. The second kappa shape index (κ2) is 12.6. The minimum absolute atomic E-state index is 0.0536. The highest BCUT2D eigenvalue weighted by molar-refractivity contribution is 7.99. The number of ketones is 1. The average molecular weight is 420 g/mol. The first-order valence-electron chi connectivity index (χ1n) is 10.5. The van der Waals surface area contributed by atoms with Gasteiger partial charge < -0.3 is 10.2 Å². The van der Waals surface area contributed by atoms with Crippen LogP contribution in [-0.4, -0.2) is 59.6 Å². The van der Waals surface area contributed by atoms with E-state index in [1.54, 1.807) is 50.4 Å². The summed E-state index contributed by atoms with van der Waals surface area (Å²) in [5.41, 5.74) is 0.533. The van der Waals surface area contributed by atoms with Crippen molar-refractivity contribution >= 4 is 29.4 Å². The molecule has 29 heavy (non-hydrogen) atoms. The Morgan fingerprint density at radius 3 is 2.66 bits per heavy atom. The maximum absolute atomic E-state index is 12.8. The van der Waals surface area contributed by atoms with Crippen LogP contribution < -0.4 is 5.32 Å². The predicted molar refractivity (Wildman–Crippen MR) is 117 cm³/mol. The van der Waals surface area contributed by atoms with Gasteiger partial charge in [0.15, 0.2) is 5.78 Å². The van der Waals surface area contributed by atoms with Gasteiger partial charge in [-0.15, -0.1) is 0 Å². The summed E-state index contributed by atoms with van der Waals surface area (Å²) in [4.78, 5) is 42.6. The van der Waals surface area contributed by atoms with Crippen LogP contribution in [0.3, 0.4) is 0 Å². The summed E-state index contributed by atoms with van der Waals surface area (Å²) in [6.45, 7) is 0.589. The van der Waals surface area contributed by atoms with E-state index in [1.165, 1.54) is 37.0 Å². The normalized spacial score (nSPS) is 15.5. The van der Waals surface area contributed by atoms with Gasteiger partial charge in [0.05, 0.1) is 0 Å². The van der Waals surface area contributed by atoms with Gasteiger partial charge in [0.2, 0.25) is 11.8 Å². The Morgan fingerprint density at radius 2 is 2.00 bits per heavy atom. The molecule has 160 valence electrons. The van der Waals surface area contributed by atoms with Gasteiger partial charge in [-0.3, -0.25) is 19.4 Å². The number of hydrogen-bond acceptors (Lipinski definition) is 5. The van der Waals surface area contributed by atoms with Gasteiger partial charge in [-0.1, -0.05) is 19.3 Å². The topological polar surface area (TPSA) is 79.4 Å². The second-order valence-corrected chi connectivity index (χ2v) is 9.08. The molecule has 1 aliphatic rings. The highest BCUT2D eigenvalue weighted by atomic mass is 32.2. The van der Waals surface area contributed by atoms with E-state index in [0.717, 1.165) is 5.75 Å². The number of aromatic nitrogens is 1. The van der Waals surface area contributed by atoms with E-state index in [-0.39, 0.29) is 24.0 Å². The van der Waals surface area contributed by atoms with Crippen LogP contribution in [-0.2, 0) is 9.59 Å². The number of amides is 2. The molecule has 0 bridgehead atoms. The number of pyridine rings is 1. The lowest BCUT2D eigenvalue weighted by atomic mass is 9.87. The third-order valence-electron chi connectivity index (χ3n) is 5.32. The Morgan fingerprint density at radius 1 is 1.24 bits per heavy atom. The van der Waals surface area contributed by atoms with E-state index in [9.17, 15) is 14.4 Å². The molecule has 1 N–H and O–H groups in total. The van der Waals surface area contributed by atoms with Crippen molar-refractivity contribution in [1.29, 1.82) is 0 Å². The molecule has 0 radical (unpaired) electrons. The van der Waals surface area contributed by atoms with Crippen LogP contribution in [0.2, 0.25) is 0 Å². The number of rotatable bonds is 11. The minimum atomic E-state index is -0.392. The van der Waals surface area contributed by atoms with Crippen LogP contribution in [0.15, 0.2) is 24.5 Å². The fraction of sp³-hybridized carbons (Fsp3) is 0.636. The lowest BCUT2D eigenvalue weighted by molar-refractivity contribution is -0.129. The molecule has 0 aromatic carbocycles. The summed E-state index contributed by atoms with van der Waals surface area (Å²) in [6.07, 6.45) is 10.1. The van der Waals surface area contributed by atoms with Gasteiger partial charge in [-0.25, -0.2) is 0 Å². The maximum Gasteiger partial charge on any atom is 0.222 e. The van der Waals surface area contributed by atoms with E-state index < -0.39 is 5.92 Å². The molecule has 1 aliphatic carbocycles. The molecule has 1 fully saturated rings.